The fourth-order valence-electron chi connectivity index (χ4n) is 1.24. The number of hydrogen-bond donors (Lipinski definition) is 0. The molecule has 0 bridgehead atoms. The lowest BCUT2D eigenvalue weighted by Gasteiger charge is -2.05. The van der Waals surface area contributed by atoms with E-state index in [1.165, 1.54) is 0 Å². The predicted octanol–water partition coefficient (Wildman–Crippen LogP) is 1.81. The molecule has 0 spiro atoms. The van der Waals surface area contributed by atoms with Crippen LogP contribution in [0.1, 0.15) is 12.5 Å². The van der Waals surface area contributed by atoms with Crippen molar-refractivity contribution in [2.75, 3.05) is 19.0 Å². The Labute approximate surface area is 91.0 Å². The highest BCUT2D eigenvalue weighted by Gasteiger charge is 2.13. The Bertz CT molecular complexity index is 410. The van der Waals surface area contributed by atoms with Crippen molar-refractivity contribution in [3.05, 3.63) is 29.8 Å². The molecule has 0 aliphatic heterocycles. The summed E-state index contributed by atoms with van der Waals surface area (Å²) < 4.78 is 28.6. The number of sulfone groups is 1. The first-order chi connectivity index (χ1) is 7.06. The van der Waals surface area contributed by atoms with Crippen molar-refractivity contribution in [3.63, 3.8) is 0 Å². The third kappa shape index (κ3) is 3.64. The Morgan fingerprint density at radius 3 is 2.67 bits per heavy atom. The van der Waals surface area contributed by atoms with E-state index in [2.05, 4.69) is 0 Å². The number of aryl methyl sites for hydroxylation is 1. The fraction of sp³-hybridized carbons (Fsp3) is 0.455. The van der Waals surface area contributed by atoms with E-state index in [1.807, 2.05) is 19.9 Å². The van der Waals surface area contributed by atoms with Crippen molar-refractivity contribution in [3.8, 4) is 0 Å². The van der Waals surface area contributed by atoms with Gasteiger partial charge in [0.05, 0.1) is 17.3 Å². The summed E-state index contributed by atoms with van der Waals surface area (Å²) in [6.07, 6.45) is 0. The molecular formula is C11H16O3S. The molecule has 0 aliphatic rings. The monoisotopic (exact) mass is 228 g/mol. The highest BCUT2D eigenvalue weighted by atomic mass is 32.2. The maximum Gasteiger partial charge on any atom is 0.180 e. The minimum absolute atomic E-state index is 0.0459. The molecule has 0 unspecified atom stereocenters. The van der Waals surface area contributed by atoms with Gasteiger partial charge < -0.3 is 4.74 Å². The predicted molar refractivity (Wildman–Crippen MR) is 59.7 cm³/mol. The molecule has 0 radical (unpaired) electrons. The molecule has 0 heterocycles. The van der Waals surface area contributed by atoms with Crippen LogP contribution < -0.4 is 0 Å². The zero-order chi connectivity index (χ0) is 11.3. The van der Waals surface area contributed by atoms with Crippen molar-refractivity contribution >= 4 is 9.84 Å². The largest absolute Gasteiger partial charge is 0.381 e. The van der Waals surface area contributed by atoms with E-state index in [0.29, 0.717) is 11.5 Å². The van der Waals surface area contributed by atoms with Gasteiger partial charge in [0, 0.05) is 6.61 Å². The molecule has 84 valence electrons. The van der Waals surface area contributed by atoms with Crippen molar-refractivity contribution < 1.29 is 13.2 Å². The van der Waals surface area contributed by atoms with Crippen molar-refractivity contribution in [1.29, 1.82) is 0 Å². The minimum atomic E-state index is -3.18. The van der Waals surface area contributed by atoms with E-state index in [-0.39, 0.29) is 12.4 Å². The Balaban J connectivity index is 2.77. The third-order valence-electron chi connectivity index (χ3n) is 2.05. The van der Waals surface area contributed by atoms with Gasteiger partial charge in [0.15, 0.2) is 9.84 Å². The normalized spacial score (nSPS) is 11.6. The van der Waals surface area contributed by atoms with E-state index in [0.717, 1.165) is 5.56 Å². The van der Waals surface area contributed by atoms with Crippen LogP contribution in [0.15, 0.2) is 29.2 Å². The minimum Gasteiger partial charge on any atom is -0.381 e. The summed E-state index contributed by atoms with van der Waals surface area (Å²) in [7, 11) is -3.18. The van der Waals surface area contributed by atoms with Gasteiger partial charge in [-0.25, -0.2) is 8.42 Å². The van der Waals surface area contributed by atoms with Crippen LogP contribution in [0.4, 0.5) is 0 Å². The quantitative estimate of drug-likeness (QED) is 0.722. The van der Waals surface area contributed by atoms with Crippen molar-refractivity contribution in [1.82, 2.24) is 0 Å². The molecule has 0 aliphatic carbocycles. The first kappa shape index (κ1) is 12.2. The van der Waals surface area contributed by atoms with Crippen molar-refractivity contribution in [2.24, 2.45) is 0 Å². The Hall–Kier alpha value is -0.870. The Kier molecular flexibility index (Phi) is 4.29. The maximum atomic E-state index is 11.8. The maximum absolute atomic E-state index is 11.8. The zero-order valence-corrected chi connectivity index (χ0v) is 9.88. The lowest BCUT2D eigenvalue weighted by Crippen LogP contribution is -2.12. The van der Waals surface area contributed by atoms with Gasteiger partial charge in [-0.1, -0.05) is 12.1 Å². The van der Waals surface area contributed by atoms with Gasteiger partial charge in [-0.15, -0.1) is 0 Å². The zero-order valence-electron chi connectivity index (χ0n) is 9.06. The van der Waals surface area contributed by atoms with Crippen LogP contribution in [-0.2, 0) is 14.6 Å². The van der Waals surface area contributed by atoms with Gasteiger partial charge in [0.1, 0.15) is 0 Å². The second-order valence-electron chi connectivity index (χ2n) is 3.33. The molecule has 0 saturated heterocycles. The molecular weight excluding hydrogens is 212 g/mol. The second-order valence-corrected chi connectivity index (χ2v) is 5.44. The lowest BCUT2D eigenvalue weighted by atomic mass is 10.2. The summed E-state index contributed by atoms with van der Waals surface area (Å²) in [5.74, 6) is 0.0459. The summed E-state index contributed by atoms with van der Waals surface area (Å²) in [5.41, 5.74) is 0.951. The molecule has 1 rings (SSSR count). The van der Waals surface area contributed by atoms with E-state index >= 15 is 0 Å². The van der Waals surface area contributed by atoms with E-state index in [4.69, 9.17) is 4.74 Å². The topological polar surface area (TPSA) is 43.4 Å². The molecule has 0 amide bonds. The van der Waals surface area contributed by atoms with Gasteiger partial charge in [0.25, 0.3) is 0 Å². The summed E-state index contributed by atoms with van der Waals surface area (Å²) in [6, 6.07) is 6.93. The fourth-order valence-corrected chi connectivity index (χ4v) is 2.46. The smallest absolute Gasteiger partial charge is 0.180 e. The molecule has 0 atom stereocenters. The van der Waals surface area contributed by atoms with E-state index in [9.17, 15) is 8.42 Å². The van der Waals surface area contributed by atoms with Crippen LogP contribution in [0.2, 0.25) is 0 Å². The molecule has 0 N–H and O–H groups in total. The number of rotatable bonds is 5. The summed E-state index contributed by atoms with van der Waals surface area (Å²) in [4.78, 5) is 0.377. The molecule has 3 nitrogen and oxygen atoms in total. The molecule has 0 fully saturated rings. The molecule has 0 aromatic heterocycles. The lowest BCUT2D eigenvalue weighted by molar-refractivity contribution is 0.163. The highest BCUT2D eigenvalue weighted by molar-refractivity contribution is 7.91. The van der Waals surface area contributed by atoms with Crippen LogP contribution in [0.25, 0.3) is 0 Å². The Morgan fingerprint density at radius 1 is 1.33 bits per heavy atom. The summed E-state index contributed by atoms with van der Waals surface area (Å²) >= 11 is 0. The number of ether oxygens (including phenoxy) is 1. The highest BCUT2D eigenvalue weighted by Crippen LogP contribution is 2.12. The van der Waals surface area contributed by atoms with Gasteiger partial charge in [-0.2, -0.15) is 0 Å². The third-order valence-corrected chi connectivity index (χ3v) is 3.73. The molecule has 4 heteroatoms. The van der Waals surface area contributed by atoms with E-state index in [1.54, 1.807) is 18.2 Å². The van der Waals surface area contributed by atoms with Gasteiger partial charge in [-0.3, -0.25) is 0 Å². The molecule has 1 aromatic rings. The SMILES string of the molecule is CCOCCS(=O)(=O)c1cccc(C)c1. The molecule has 1 aromatic carbocycles. The first-order valence-corrected chi connectivity index (χ1v) is 6.58. The summed E-state index contributed by atoms with van der Waals surface area (Å²) in [6.45, 7) is 4.52. The van der Waals surface area contributed by atoms with Crippen LogP contribution in [-0.4, -0.2) is 27.4 Å². The standard InChI is InChI=1S/C11H16O3S/c1-3-14-7-8-15(12,13)11-6-4-5-10(2)9-11/h4-6,9H,3,7-8H2,1-2H3. The number of benzene rings is 1. The Morgan fingerprint density at radius 2 is 2.07 bits per heavy atom. The van der Waals surface area contributed by atoms with Gasteiger partial charge in [0.2, 0.25) is 0 Å². The van der Waals surface area contributed by atoms with Crippen molar-refractivity contribution in [2.45, 2.75) is 18.7 Å². The molecule has 15 heavy (non-hydrogen) atoms. The van der Waals surface area contributed by atoms with E-state index < -0.39 is 9.84 Å². The molecule has 0 saturated carbocycles. The second kappa shape index (κ2) is 5.28. The van der Waals surface area contributed by atoms with Crippen LogP contribution in [0.3, 0.4) is 0 Å². The van der Waals surface area contributed by atoms with Crippen LogP contribution in [0.5, 0.6) is 0 Å². The first-order valence-electron chi connectivity index (χ1n) is 4.93. The number of hydrogen-bond acceptors (Lipinski definition) is 3. The average molecular weight is 228 g/mol. The van der Waals surface area contributed by atoms with Crippen LogP contribution in [0, 0.1) is 6.92 Å². The van der Waals surface area contributed by atoms with Crippen LogP contribution >= 0.6 is 0 Å². The van der Waals surface area contributed by atoms with Gasteiger partial charge in [-0.05, 0) is 31.5 Å². The van der Waals surface area contributed by atoms with Gasteiger partial charge >= 0.3 is 0 Å². The summed E-state index contributed by atoms with van der Waals surface area (Å²) in [5, 5.41) is 0. The average Bonchev–Trinajstić information content (AvgIpc) is 2.18.